The fourth-order valence-electron chi connectivity index (χ4n) is 2.76. The maximum Gasteiger partial charge on any atom is 0.416 e. The third kappa shape index (κ3) is 9.38. The van der Waals surface area contributed by atoms with Crippen molar-refractivity contribution in [2.45, 2.75) is 24.7 Å². The normalized spacial score (nSPS) is 12.6. The van der Waals surface area contributed by atoms with Crippen molar-refractivity contribution in [1.29, 1.82) is 0 Å². The number of nitrogens with one attached hydrogen (secondary N) is 4. The van der Waals surface area contributed by atoms with E-state index in [0.717, 1.165) is 0 Å². The predicted octanol–water partition coefficient (Wildman–Crippen LogP) is 7.03. The van der Waals surface area contributed by atoms with Gasteiger partial charge in [-0.3, -0.25) is 0 Å². The lowest BCUT2D eigenvalue weighted by Crippen LogP contribution is -2.38. The fraction of sp³-hybridized carbons (Fsp3) is 0.300. The van der Waals surface area contributed by atoms with Crippen LogP contribution >= 0.6 is 24.4 Å². The fourth-order valence-corrected chi connectivity index (χ4v) is 3.20. The minimum absolute atomic E-state index is 0.0679. The van der Waals surface area contributed by atoms with E-state index in [-0.39, 0.29) is 35.4 Å². The zero-order valence-corrected chi connectivity index (χ0v) is 19.9. The average Bonchev–Trinajstić information content (AvgIpc) is 2.74. The van der Waals surface area contributed by atoms with Crippen molar-refractivity contribution in [2.75, 3.05) is 23.7 Å². The van der Waals surface area contributed by atoms with E-state index >= 15 is 0 Å². The molecule has 0 atom stereocenters. The molecular weight excluding hydrogens is 588 g/mol. The summed E-state index contributed by atoms with van der Waals surface area (Å²) in [5.74, 6) is 0. The molecule has 0 heterocycles. The molecule has 0 saturated carbocycles. The van der Waals surface area contributed by atoms with E-state index in [4.69, 9.17) is 24.4 Å². The van der Waals surface area contributed by atoms with Gasteiger partial charge in [0.15, 0.2) is 10.2 Å². The molecule has 18 heteroatoms. The molecule has 2 aromatic rings. The number of thiocarbonyl (C=S) groups is 2. The Hall–Kier alpha value is -3.02. The number of halogens is 12. The number of rotatable bonds is 5. The molecule has 0 saturated heterocycles. The summed E-state index contributed by atoms with van der Waals surface area (Å²) in [6.07, 6.45) is -20.3. The van der Waals surface area contributed by atoms with Crippen LogP contribution in [-0.2, 0) is 24.7 Å². The molecule has 0 radical (unpaired) electrons. The third-order valence-electron chi connectivity index (χ3n) is 4.39. The quantitative estimate of drug-likeness (QED) is 0.168. The lowest BCUT2D eigenvalue weighted by atomic mass is 10.1. The summed E-state index contributed by atoms with van der Waals surface area (Å²) < 4.78 is 155. The Morgan fingerprint density at radius 1 is 0.474 bits per heavy atom. The highest BCUT2D eigenvalue weighted by Crippen LogP contribution is 2.38. The summed E-state index contributed by atoms with van der Waals surface area (Å²) in [6, 6.07) is 1.49. The maximum atomic E-state index is 12.9. The van der Waals surface area contributed by atoms with Gasteiger partial charge in [0.1, 0.15) is 0 Å². The smallest absolute Gasteiger partial charge is 0.361 e. The van der Waals surface area contributed by atoms with Gasteiger partial charge in [0.25, 0.3) is 0 Å². The summed E-state index contributed by atoms with van der Waals surface area (Å²) in [7, 11) is 0. The Balaban J connectivity index is 1.97. The van der Waals surface area contributed by atoms with Crippen molar-refractivity contribution in [3.8, 4) is 0 Å². The lowest BCUT2D eigenvalue weighted by molar-refractivity contribution is -0.144. The minimum Gasteiger partial charge on any atom is -0.361 e. The van der Waals surface area contributed by atoms with Gasteiger partial charge in [-0.05, 0) is 60.8 Å². The van der Waals surface area contributed by atoms with Crippen LogP contribution in [0.25, 0.3) is 0 Å². The highest BCUT2D eigenvalue weighted by atomic mass is 32.1. The summed E-state index contributed by atoms with van der Waals surface area (Å²) >= 11 is 9.64. The van der Waals surface area contributed by atoms with Crippen LogP contribution in [0.4, 0.5) is 64.1 Å². The van der Waals surface area contributed by atoms with Gasteiger partial charge in [-0.15, -0.1) is 0 Å². The van der Waals surface area contributed by atoms with Crippen LogP contribution < -0.4 is 21.3 Å². The number of benzene rings is 2. The number of hydrogen-bond donors (Lipinski definition) is 4. The first-order valence-corrected chi connectivity index (χ1v) is 10.7. The summed E-state index contributed by atoms with van der Waals surface area (Å²) in [5, 5.41) is 8.44. The SMILES string of the molecule is FC(F)(F)c1cc(NC(=S)NCCNC(=S)Nc2cc(C(F)(F)F)cc(C(F)(F)F)c2)cc(C(F)(F)F)c1. The van der Waals surface area contributed by atoms with Gasteiger partial charge < -0.3 is 21.3 Å². The van der Waals surface area contributed by atoms with Crippen molar-refractivity contribution in [2.24, 2.45) is 0 Å². The van der Waals surface area contributed by atoms with Crippen LogP contribution in [0.3, 0.4) is 0 Å². The molecule has 0 aromatic heterocycles. The molecular formula is C20H14F12N4S2. The highest BCUT2D eigenvalue weighted by molar-refractivity contribution is 7.80. The molecule has 210 valence electrons. The van der Waals surface area contributed by atoms with Gasteiger partial charge in [-0.1, -0.05) is 0 Å². The molecule has 0 unspecified atom stereocenters. The summed E-state index contributed by atoms with van der Waals surface area (Å²) in [5.41, 5.74) is -7.50. The Morgan fingerprint density at radius 3 is 0.921 bits per heavy atom. The minimum atomic E-state index is -5.07. The zero-order valence-electron chi connectivity index (χ0n) is 18.2. The summed E-state index contributed by atoms with van der Waals surface area (Å²) in [4.78, 5) is 0. The second kappa shape index (κ2) is 11.4. The molecule has 38 heavy (non-hydrogen) atoms. The van der Waals surface area contributed by atoms with Gasteiger partial charge in [0.2, 0.25) is 0 Å². The molecule has 0 aliphatic carbocycles. The van der Waals surface area contributed by atoms with Crippen LogP contribution in [0.2, 0.25) is 0 Å². The van der Waals surface area contributed by atoms with Crippen LogP contribution in [0, 0.1) is 0 Å². The number of anilines is 2. The van der Waals surface area contributed by atoms with Crippen LogP contribution in [0.1, 0.15) is 22.3 Å². The van der Waals surface area contributed by atoms with Crippen molar-refractivity contribution in [3.63, 3.8) is 0 Å². The van der Waals surface area contributed by atoms with Gasteiger partial charge >= 0.3 is 24.7 Å². The van der Waals surface area contributed by atoms with E-state index in [1.54, 1.807) is 0 Å². The van der Waals surface area contributed by atoms with E-state index in [1.807, 2.05) is 0 Å². The molecule has 0 amide bonds. The zero-order chi connectivity index (χ0) is 29.1. The first-order chi connectivity index (χ1) is 17.2. The second-order valence-electron chi connectivity index (χ2n) is 7.35. The van der Waals surface area contributed by atoms with E-state index < -0.39 is 58.3 Å². The Kier molecular flexibility index (Phi) is 9.35. The predicted molar refractivity (Wildman–Crippen MR) is 121 cm³/mol. The number of alkyl halides is 12. The van der Waals surface area contributed by atoms with Crippen molar-refractivity contribution in [3.05, 3.63) is 58.7 Å². The summed E-state index contributed by atoms with van der Waals surface area (Å²) in [6.45, 7) is -0.315. The Bertz CT molecular complexity index is 1010. The van der Waals surface area contributed by atoms with Crippen LogP contribution in [-0.4, -0.2) is 23.3 Å². The monoisotopic (exact) mass is 602 g/mol. The molecule has 2 rings (SSSR count). The molecule has 2 aromatic carbocycles. The first kappa shape index (κ1) is 31.2. The third-order valence-corrected chi connectivity index (χ3v) is 4.88. The van der Waals surface area contributed by atoms with Crippen molar-refractivity contribution in [1.82, 2.24) is 10.6 Å². The molecule has 4 N–H and O–H groups in total. The molecule has 0 fully saturated rings. The topological polar surface area (TPSA) is 48.1 Å². The standard InChI is InChI=1S/C20H14F12N4S2/c21-17(22,23)9-3-10(18(24,25)26)6-13(5-9)35-15(37)33-1-2-34-16(38)36-14-7-11(19(27,28)29)4-12(8-14)20(30,31)32/h3-8H,1-2H2,(H2,33,35,37)(H2,34,36,38). The second-order valence-corrected chi connectivity index (χ2v) is 8.17. The highest BCUT2D eigenvalue weighted by Gasteiger charge is 2.38. The van der Waals surface area contributed by atoms with E-state index in [2.05, 4.69) is 21.3 Å². The van der Waals surface area contributed by atoms with Crippen molar-refractivity contribution < 1.29 is 52.7 Å². The Morgan fingerprint density at radius 2 is 0.711 bits per heavy atom. The molecule has 0 aliphatic rings. The first-order valence-electron chi connectivity index (χ1n) is 9.85. The number of hydrogen-bond acceptors (Lipinski definition) is 2. The van der Waals surface area contributed by atoms with Gasteiger partial charge in [-0.2, -0.15) is 52.7 Å². The van der Waals surface area contributed by atoms with E-state index in [1.165, 1.54) is 0 Å². The molecule has 0 bridgehead atoms. The molecule has 4 nitrogen and oxygen atoms in total. The average molecular weight is 602 g/mol. The maximum absolute atomic E-state index is 12.9. The van der Waals surface area contributed by atoms with Crippen LogP contribution in [0.15, 0.2) is 36.4 Å². The van der Waals surface area contributed by atoms with Crippen LogP contribution in [0.5, 0.6) is 0 Å². The molecule has 0 spiro atoms. The largest absolute Gasteiger partial charge is 0.416 e. The van der Waals surface area contributed by atoms with Crippen molar-refractivity contribution >= 4 is 46.0 Å². The van der Waals surface area contributed by atoms with Gasteiger partial charge in [0.05, 0.1) is 22.3 Å². The van der Waals surface area contributed by atoms with Gasteiger partial charge in [0, 0.05) is 24.5 Å². The van der Waals surface area contributed by atoms with E-state index in [9.17, 15) is 52.7 Å². The Labute approximate surface area is 216 Å². The van der Waals surface area contributed by atoms with E-state index in [0.29, 0.717) is 24.3 Å². The molecule has 0 aliphatic heterocycles. The lowest BCUT2D eigenvalue weighted by Gasteiger charge is -2.17. The van der Waals surface area contributed by atoms with Gasteiger partial charge in [-0.25, -0.2) is 0 Å².